The van der Waals surface area contributed by atoms with Gasteiger partial charge in [-0.2, -0.15) is 0 Å². The number of carbonyl (C=O) groups excluding carboxylic acids is 1. The molecule has 15 heavy (non-hydrogen) atoms. The van der Waals surface area contributed by atoms with Crippen LogP contribution in [-0.4, -0.2) is 38.4 Å². The molecule has 1 heterocycles. The third-order valence-electron chi connectivity index (χ3n) is 2.36. The van der Waals surface area contributed by atoms with Gasteiger partial charge in [-0.1, -0.05) is 6.92 Å². The van der Waals surface area contributed by atoms with Crippen LogP contribution in [0.4, 0.5) is 0 Å². The molecule has 88 valence electrons. The summed E-state index contributed by atoms with van der Waals surface area (Å²) >= 11 is 0. The maximum absolute atomic E-state index is 11.4. The van der Waals surface area contributed by atoms with Crippen LogP contribution in [0.1, 0.15) is 32.6 Å². The van der Waals surface area contributed by atoms with Crippen LogP contribution >= 0.6 is 0 Å². The highest BCUT2D eigenvalue weighted by Gasteiger charge is 2.24. The van der Waals surface area contributed by atoms with Gasteiger partial charge in [0.15, 0.2) is 6.10 Å². The van der Waals surface area contributed by atoms with E-state index in [1.165, 1.54) is 0 Å². The third-order valence-corrected chi connectivity index (χ3v) is 2.36. The minimum Gasteiger partial charge on any atom is -0.464 e. The molecule has 0 aromatic heterocycles. The Morgan fingerprint density at radius 1 is 1.53 bits per heavy atom. The van der Waals surface area contributed by atoms with Gasteiger partial charge in [-0.25, -0.2) is 4.79 Å². The Bertz CT molecular complexity index is 179. The molecule has 0 bridgehead atoms. The zero-order valence-electron chi connectivity index (χ0n) is 9.46. The lowest BCUT2D eigenvalue weighted by Crippen LogP contribution is -2.24. The number of hydrogen-bond donors (Lipinski definition) is 1. The summed E-state index contributed by atoms with van der Waals surface area (Å²) in [4.78, 5) is 11.4. The Morgan fingerprint density at radius 3 is 3.07 bits per heavy atom. The Morgan fingerprint density at radius 2 is 2.40 bits per heavy atom. The Labute approximate surface area is 91.3 Å². The molecule has 1 fully saturated rings. The molecule has 0 spiro atoms. The van der Waals surface area contributed by atoms with Crippen molar-refractivity contribution in [2.45, 2.75) is 38.7 Å². The quantitative estimate of drug-likeness (QED) is 0.510. The highest BCUT2D eigenvalue weighted by atomic mass is 16.6. The molecule has 1 atom stereocenters. The van der Waals surface area contributed by atoms with E-state index in [0.717, 1.165) is 38.8 Å². The monoisotopic (exact) mass is 215 g/mol. The summed E-state index contributed by atoms with van der Waals surface area (Å²) in [6, 6.07) is 0. The smallest absolute Gasteiger partial charge is 0.335 e. The number of nitrogens with one attached hydrogen (secondary N) is 1. The second kappa shape index (κ2) is 7.65. The standard InChI is InChI=1S/C11H21NO3/c1-2-6-12-7-4-9-15-11(13)10-5-3-8-14-10/h10,12H,2-9H2,1H3. The van der Waals surface area contributed by atoms with Crippen LogP contribution in [0.25, 0.3) is 0 Å². The average Bonchev–Trinajstić information content (AvgIpc) is 2.76. The lowest BCUT2D eigenvalue weighted by molar-refractivity contribution is -0.154. The van der Waals surface area contributed by atoms with Crippen molar-refractivity contribution in [3.8, 4) is 0 Å². The summed E-state index contributed by atoms with van der Waals surface area (Å²) in [6.45, 7) is 5.25. The van der Waals surface area contributed by atoms with Crippen LogP contribution in [0.5, 0.6) is 0 Å². The van der Waals surface area contributed by atoms with Crippen molar-refractivity contribution in [2.24, 2.45) is 0 Å². The van der Waals surface area contributed by atoms with Gasteiger partial charge in [0.25, 0.3) is 0 Å². The maximum Gasteiger partial charge on any atom is 0.335 e. The van der Waals surface area contributed by atoms with Gasteiger partial charge < -0.3 is 14.8 Å². The predicted molar refractivity (Wildman–Crippen MR) is 57.7 cm³/mol. The summed E-state index contributed by atoms with van der Waals surface area (Å²) in [5.41, 5.74) is 0. The van der Waals surface area contributed by atoms with Crippen LogP contribution < -0.4 is 5.32 Å². The lowest BCUT2D eigenvalue weighted by atomic mass is 10.2. The number of carbonyl (C=O) groups is 1. The van der Waals surface area contributed by atoms with Gasteiger partial charge in [0.2, 0.25) is 0 Å². The molecular formula is C11H21NO3. The topological polar surface area (TPSA) is 47.6 Å². The van der Waals surface area contributed by atoms with E-state index in [2.05, 4.69) is 12.2 Å². The fraction of sp³-hybridized carbons (Fsp3) is 0.909. The van der Waals surface area contributed by atoms with Gasteiger partial charge in [0, 0.05) is 6.61 Å². The normalized spacial score (nSPS) is 20.5. The molecule has 1 aliphatic rings. The van der Waals surface area contributed by atoms with Gasteiger partial charge in [-0.3, -0.25) is 0 Å². The molecule has 0 aliphatic carbocycles. The first kappa shape index (κ1) is 12.5. The molecular weight excluding hydrogens is 194 g/mol. The first-order chi connectivity index (χ1) is 7.34. The van der Waals surface area contributed by atoms with Crippen LogP contribution in [0.15, 0.2) is 0 Å². The summed E-state index contributed by atoms with van der Waals surface area (Å²) < 4.78 is 10.3. The van der Waals surface area contributed by atoms with Crippen LogP contribution in [0, 0.1) is 0 Å². The van der Waals surface area contributed by atoms with E-state index in [4.69, 9.17) is 9.47 Å². The second-order valence-corrected chi connectivity index (χ2v) is 3.77. The van der Waals surface area contributed by atoms with E-state index in [0.29, 0.717) is 13.2 Å². The summed E-state index contributed by atoms with van der Waals surface area (Å²) in [7, 11) is 0. The van der Waals surface area contributed by atoms with E-state index in [-0.39, 0.29) is 12.1 Å². The molecule has 1 rings (SSSR count). The lowest BCUT2D eigenvalue weighted by Gasteiger charge is -2.09. The van der Waals surface area contributed by atoms with E-state index >= 15 is 0 Å². The van der Waals surface area contributed by atoms with E-state index in [1.807, 2.05) is 0 Å². The minimum atomic E-state index is -0.298. The number of rotatable bonds is 7. The molecule has 0 radical (unpaired) electrons. The molecule has 0 saturated carbocycles. The van der Waals surface area contributed by atoms with Crippen LogP contribution in [-0.2, 0) is 14.3 Å². The van der Waals surface area contributed by atoms with Crippen molar-refractivity contribution in [3.05, 3.63) is 0 Å². The van der Waals surface area contributed by atoms with E-state index < -0.39 is 0 Å². The zero-order chi connectivity index (χ0) is 10.9. The number of esters is 1. The molecule has 1 aliphatic heterocycles. The molecule has 0 aromatic rings. The fourth-order valence-corrected chi connectivity index (χ4v) is 1.53. The zero-order valence-corrected chi connectivity index (χ0v) is 9.46. The van der Waals surface area contributed by atoms with Crippen molar-refractivity contribution in [1.29, 1.82) is 0 Å². The Hall–Kier alpha value is -0.610. The first-order valence-electron chi connectivity index (χ1n) is 5.83. The van der Waals surface area contributed by atoms with Crippen molar-refractivity contribution in [1.82, 2.24) is 5.32 Å². The van der Waals surface area contributed by atoms with E-state index in [9.17, 15) is 4.79 Å². The molecule has 0 amide bonds. The van der Waals surface area contributed by atoms with Gasteiger partial charge in [0.05, 0.1) is 6.61 Å². The van der Waals surface area contributed by atoms with E-state index in [1.54, 1.807) is 0 Å². The SMILES string of the molecule is CCCNCCCOC(=O)C1CCCO1. The number of hydrogen-bond acceptors (Lipinski definition) is 4. The molecule has 4 heteroatoms. The maximum atomic E-state index is 11.4. The highest BCUT2D eigenvalue weighted by molar-refractivity contribution is 5.74. The summed E-state index contributed by atoms with van der Waals surface area (Å²) in [5, 5.41) is 3.26. The van der Waals surface area contributed by atoms with Crippen molar-refractivity contribution in [3.63, 3.8) is 0 Å². The second-order valence-electron chi connectivity index (χ2n) is 3.77. The first-order valence-corrected chi connectivity index (χ1v) is 5.83. The van der Waals surface area contributed by atoms with Crippen LogP contribution in [0.2, 0.25) is 0 Å². The fourth-order valence-electron chi connectivity index (χ4n) is 1.53. The van der Waals surface area contributed by atoms with Crippen molar-refractivity contribution >= 4 is 5.97 Å². The largest absolute Gasteiger partial charge is 0.464 e. The predicted octanol–water partition coefficient (Wildman–Crippen LogP) is 1.10. The molecule has 1 N–H and O–H groups in total. The average molecular weight is 215 g/mol. The highest BCUT2D eigenvalue weighted by Crippen LogP contribution is 2.13. The molecule has 4 nitrogen and oxygen atoms in total. The van der Waals surface area contributed by atoms with Gasteiger partial charge >= 0.3 is 5.97 Å². The van der Waals surface area contributed by atoms with Gasteiger partial charge in [-0.15, -0.1) is 0 Å². The van der Waals surface area contributed by atoms with Gasteiger partial charge in [0.1, 0.15) is 0 Å². The third kappa shape index (κ3) is 5.14. The van der Waals surface area contributed by atoms with Crippen molar-refractivity contribution < 1.29 is 14.3 Å². The molecule has 0 aromatic carbocycles. The molecule has 1 saturated heterocycles. The van der Waals surface area contributed by atoms with Gasteiger partial charge in [-0.05, 0) is 38.8 Å². The van der Waals surface area contributed by atoms with Crippen molar-refractivity contribution in [2.75, 3.05) is 26.3 Å². The Balaban J connectivity index is 1.92. The summed E-state index contributed by atoms with van der Waals surface area (Å²) in [5.74, 6) is -0.192. The number of ether oxygens (including phenoxy) is 2. The Kier molecular flexibility index (Phi) is 6.36. The van der Waals surface area contributed by atoms with Crippen LogP contribution in [0.3, 0.4) is 0 Å². The minimum absolute atomic E-state index is 0.192. The molecule has 1 unspecified atom stereocenters. The summed E-state index contributed by atoms with van der Waals surface area (Å²) in [6.07, 6.45) is 3.49.